The van der Waals surface area contributed by atoms with Gasteiger partial charge in [0.05, 0.1) is 45.0 Å². The van der Waals surface area contributed by atoms with Crippen LogP contribution in [0.5, 0.6) is 0 Å². The van der Waals surface area contributed by atoms with Gasteiger partial charge in [0.25, 0.3) is 5.56 Å². The average molecular weight is 375 g/mol. The van der Waals surface area contributed by atoms with Crippen molar-refractivity contribution in [2.45, 2.75) is 0 Å². The molecule has 0 aliphatic carbocycles. The number of hydrogen-bond acceptors (Lipinski definition) is 4. The van der Waals surface area contributed by atoms with Crippen molar-refractivity contribution in [3.63, 3.8) is 0 Å². The smallest absolute Gasteiger partial charge is 0.344 e. The quantitative estimate of drug-likeness (QED) is 0.639. The molecule has 0 unspecified atom stereocenters. The molecule has 0 saturated carbocycles. The molecule has 0 atom stereocenters. The zero-order valence-electron chi connectivity index (χ0n) is 14.5. The highest BCUT2D eigenvalue weighted by Gasteiger charge is 2.22. The number of rotatable bonds is 4. The van der Waals surface area contributed by atoms with Crippen molar-refractivity contribution in [3.05, 3.63) is 75.5 Å². The largest absolute Gasteiger partial charge is 0.404 e. The van der Waals surface area contributed by atoms with Crippen LogP contribution in [0.3, 0.4) is 0 Å². The molecule has 0 radical (unpaired) electrons. The Morgan fingerprint density at radius 3 is 2.50 bits per heavy atom. The summed E-state index contributed by atoms with van der Waals surface area (Å²) in [5.74, 6) is -0.117. The van der Waals surface area contributed by atoms with Crippen molar-refractivity contribution >= 4 is 23.8 Å². The number of carbonyl (C=O) groups excluding carboxylic acids is 1. The highest BCUT2D eigenvalue weighted by atomic mass is 35.5. The number of piperazine rings is 1. The van der Waals surface area contributed by atoms with E-state index in [9.17, 15) is 9.59 Å². The van der Waals surface area contributed by atoms with Crippen LogP contribution in [0.1, 0.15) is 10.4 Å². The molecule has 1 saturated heterocycles. The SMILES string of the molecule is C[NH+]1CCN(/C(=C/n2ccccc2=O)OC(=O)c2ccc(Cl)cc2)CC1. The summed E-state index contributed by atoms with van der Waals surface area (Å²) in [6, 6.07) is 11.4. The fourth-order valence-electron chi connectivity index (χ4n) is 2.69. The molecule has 0 spiro atoms. The van der Waals surface area contributed by atoms with E-state index in [4.69, 9.17) is 16.3 Å². The van der Waals surface area contributed by atoms with Crippen molar-refractivity contribution < 1.29 is 14.4 Å². The van der Waals surface area contributed by atoms with Gasteiger partial charge in [0.1, 0.15) is 0 Å². The molecule has 2 aromatic rings. The maximum atomic E-state index is 12.5. The molecule has 26 heavy (non-hydrogen) atoms. The first kappa shape index (κ1) is 18.2. The van der Waals surface area contributed by atoms with Gasteiger partial charge in [0, 0.05) is 17.3 Å². The van der Waals surface area contributed by atoms with E-state index in [1.165, 1.54) is 15.5 Å². The summed E-state index contributed by atoms with van der Waals surface area (Å²) in [5, 5.41) is 0.551. The summed E-state index contributed by atoms with van der Waals surface area (Å²) < 4.78 is 7.06. The number of nitrogens with one attached hydrogen (secondary N) is 1. The number of carbonyl (C=O) groups is 1. The zero-order valence-corrected chi connectivity index (χ0v) is 15.3. The van der Waals surface area contributed by atoms with Crippen molar-refractivity contribution in [2.24, 2.45) is 0 Å². The number of hydrogen-bond donors (Lipinski definition) is 1. The number of esters is 1. The molecule has 1 N–H and O–H groups in total. The van der Waals surface area contributed by atoms with Gasteiger partial charge in [-0.3, -0.25) is 9.36 Å². The van der Waals surface area contributed by atoms with E-state index in [1.807, 2.05) is 4.90 Å². The standard InChI is InChI=1S/C19H20ClN3O3/c1-21-10-12-22(13-11-21)18(14-23-9-3-2-4-17(23)24)26-19(25)15-5-7-16(20)8-6-15/h2-9,14H,10-13H2,1H3/p+1/b18-14-. The molecule has 1 fully saturated rings. The van der Waals surface area contributed by atoms with Crippen LogP contribution < -0.4 is 10.5 Å². The zero-order chi connectivity index (χ0) is 18.5. The molecular formula is C19H21ClN3O3+. The molecule has 1 aliphatic heterocycles. The third-order valence-electron chi connectivity index (χ3n) is 4.31. The van der Waals surface area contributed by atoms with Crippen molar-refractivity contribution in [2.75, 3.05) is 33.2 Å². The van der Waals surface area contributed by atoms with Crippen LogP contribution in [-0.4, -0.2) is 48.7 Å². The molecule has 136 valence electrons. The van der Waals surface area contributed by atoms with E-state index in [0.717, 1.165) is 26.2 Å². The lowest BCUT2D eigenvalue weighted by Gasteiger charge is -2.32. The van der Waals surface area contributed by atoms with E-state index in [-0.39, 0.29) is 5.56 Å². The lowest BCUT2D eigenvalue weighted by atomic mass is 10.2. The van der Waals surface area contributed by atoms with Crippen LogP contribution >= 0.6 is 11.6 Å². The van der Waals surface area contributed by atoms with Gasteiger partial charge in [-0.25, -0.2) is 4.79 Å². The summed E-state index contributed by atoms with van der Waals surface area (Å²) in [5.41, 5.74) is 0.216. The van der Waals surface area contributed by atoms with Gasteiger partial charge in [-0.05, 0) is 30.3 Å². The Bertz CT molecular complexity index is 853. The number of halogens is 1. The lowest BCUT2D eigenvalue weighted by molar-refractivity contribution is -0.884. The summed E-state index contributed by atoms with van der Waals surface area (Å²) in [6.45, 7) is 3.35. The second kappa shape index (κ2) is 8.21. The van der Waals surface area contributed by atoms with Gasteiger partial charge in [-0.1, -0.05) is 17.7 Å². The van der Waals surface area contributed by atoms with Crippen LogP contribution in [0.4, 0.5) is 0 Å². The second-order valence-electron chi connectivity index (χ2n) is 6.25. The van der Waals surface area contributed by atoms with Gasteiger partial charge < -0.3 is 14.5 Å². The number of ether oxygens (including phenoxy) is 1. The van der Waals surface area contributed by atoms with Crippen LogP contribution in [0, 0.1) is 0 Å². The predicted octanol–water partition coefficient (Wildman–Crippen LogP) is 0.945. The molecule has 2 heterocycles. The monoisotopic (exact) mass is 374 g/mol. The number of nitrogens with zero attached hydrogens (tertiary/aromatic N) is 2. The maximum absolute atomic E-state index is 12.5. The second-order valence-corrected chi connectivity index (χ2v) is 6.69. The molecule has 3 rings (SSSR count). The van der Waals surface area contributed by atoms with E-state index in [2.05, 4.69) is 7.05 Å². The van der Waals surface area contributed by atoms with Crippen LogP contribution in [0.15, 0.2) is 59.3 Å². The number of benzene rings is 1. The molecule has 0 amide bonds. The Morgan fingerprint density at radius 2 is 1.85 bits per heavy atom. The highest BCUT2D eigenvalue weighted by molar-refractivity contribution is 6.30. The summed E-state index contributed by atoms with van der Waals surface area (Å²) in [7, 11) is 2.13. The molecule has 0 bridgehead atoms. The fraction of sp³-hybridized carbons (Fsp3) is 0.263. The van der Waals surface area contributed by atoms with Crippen molar-refractivity contribution in [3.8, 4) is 0 Å². The first-order valence-corrected chi connectivity index (χ1v) is 8.84. The van der Waals surface area contributed by atoms with Gasteiger partial charge >= 0.3 is 5.97 Å². The molecule has 1 aromatic carbocycles. The van der Waals surface area contributed by atoms with Crippen molar-refractivity contribution in [1.82, 2.24) is 9.47 Å². The normalized spacial score (nSPS) is 15.8. The van der Waals surface area contributed by atoms with E-state index >= 15 is 0 Å². The van der Waals surface area contributed by atoms with Crippen LogP contribution in [0.25, 0.3) is 6.20 Å². The Kier molecular flexibility index (Phi) is 5.75. The maximum Gasteiger partial charge on any atom is 0.344 e. The first-order valence-electron chi connectivity index (χ1n) is 8.46. The highest BCUT2D eigenvalue weighted by Crippen LogP contribution is 2.14. The topological polar surface area (TPSA) is 56.0 Å². The Labute approximate surface area is 156 Å². The van der Waals surface area contributed by atoms with Crippen molar-refractivity contribution in [1.29, 1.82) is 0 Å². The molecule has 7 heteroatoms. The molecule has 1 aromatic heterocycles. The predicted molar refractivity (Wildman–Crippen MR) is 100 cm³/mol. The minimum atomic E-state index is -0.483. The number of aromatic nitrogens is 1. The first-order chi connectivity index (χ1) is 12.5. The number of likely N-dealkylation sites (N-methyl/N-ethyl adjacent to an activating group) is 1. The minimum absolute atomic E-state index is 0.188. The average Bonchev–Trinajstić information content (AvgIpc) is 2.64. The molecular weight excluding hydrogens is 354 g/mol. The van der Waals surface area contributed by atoms with Crippen LogP contribution in [0.2, 0.25) is 5.02 Å². The Hall–Kier alpha value is -2.57. The summed E-state index contributed by atoms with van der Waals surface area (Å²) in [4.78, 5) is 28.0. The third kappa shape index (κ3) is 4.53. The minimum Gasteiger partial charge on any atom is -0.404 e. The summed E-state index contributed by atoms with van der Waals surface area (Å²) in [6.07, 6.45) is 3.20. The van der Waals surface area contributed by atoms with E-state index < -0.39 is 5.97 Å². The van der Waals surface area contributed by atoms with Crippen LogP contribution in [-0.2, 0) is 4.74 Å². The molecule has 6 nitrogen and oxygen atoms in total. The third-order valence-corrected chi connectivity index (χ3v) is 4.56. The Morgan fingerprint density at radius 1 is 1.15 bits per heavy atom. The summed E-state index contributed by atoms with van der Waals surface area (Å²) >= 11 is 5.87. The lowest BCUT2D eigenvalue weighted by Crippen LogP contribution is -3.11. The van der Waals surface area contributed by atoms with Gasteiger partial charge in [-0.2, -0.15) is 0 Å². The van der Waals surface area contributed by atoms with Gasteiger partial charge in [0.2, 0.25) is 5.88 Å². The van der Waals surface area contributed by atoms with E-state index in [0.29, 0.717) is 16.5 Å². The van der Waals surface area contributed by atoms with Gasteiger partial charge in [-0.15, -0.1) is 0 Å². The molecule has 1 aliphatic rings. The number of pyridine rings is 1. The van der Waals surface area contributed by atoms with E-state index in [1.54, 1.807) is 48.8 Å². The van der Waals surface area contributed by atoms with Gasteiger partial charge in [0.15, 0.2) is 0 Å². The number of quaternary nitrogens is 1. The fourth-order valence-corrected chi connectivity index (χ4v) is 2.81. The Balaban J connectivity index is 1.87.